The second-order valence-electron chi connectivity index (χ2n) is 7.80. The highest BCUT2D eigenvalue weighted by Crippen LogP contribution is 2.23. The normalized spacial score (nSPS) is 14.6. The fourth-order valence-corrected chi connectivity index (χ4v) is 5.15. The van der Waals surface area contributed by atoms with E-state index in [1.807, 2.05) is 19.1 Å². The van der Waals surface area contributed by atoms with Gasteiger partial charge in [-0.3, -0.25) is 14.3 Å². The van der Waals surface area contributed by atoms with Gasteiger partial charge in [-0.2, -0.15) is 0 Å². The SMILES string of the molecule is Cc1ccc(NS(=O)(=O)c2cccc(C(=O)N3CCC(C(=O)Nc4nncs4)CC3)c2)cc1. The van der Waals surface area contributed by atoms with Gasteiger partial charge in [-0.25, -0.2) is 8.42 Å². The van der Waals surface area contributed by atoms with Gasteiger partial charge in [0.25, 0.3) is 15.9 Å². The lowest BCUT2D eigenvalue weighted by Crippen LogP contribution is -2.41. The van der Waals surface area contributed by atoms with Crippen LogP contribution in [0.4, 0.5) is 10.8 Å². The zero-order chi connectivity index (χ0) is 23.4. The zero-order valence-corrected chi connectivity index (χ0v) is 19.5. The predicted octanol–water partition coefficient (Wildman–Crippen LogP) is 3.14. The molecule has 0 unspecified atom stereocenters. The van der Waals surface area contributed by atoms with Crippen LogP contribution >= 0.6 is 11.3 Å². The van der Waals surface area contributed by atoms with E-state index in [-0.39, 0.29) is 22.6 Å². The van der Waals surface area contributed by atoms with Gasteiger partial charge in [-0.05, 0) is 50.1 Å². The van der Waals surface area contributed by atoms with Gasteiger partial charge in [-0.15, -0.1) is 10.2 Å². The van der Waals surface area contributed by atoms with Gasteiger partial charge in [0.1, 0.15) is 5.51 Å². The summed E-state index contributed by atoms with van der Waals surface area (Å²) in [5.74, 6) is -0.608. The van der Waals surface area contributed by atoms with E-state index in [2.05, 4.69) is 20.2 Å². The van der Waals surface area contributed by atoms with Crippen LogP contribution in [0, 0.1) is 12.8 Å². The minimum absolute atomic E-state index is 0.0141. The molecule has 2 amide bonds. The van der Waals surface area contributed by atoms with Crippen molar-refractivity contribution in [2.24, 2.45) is 5.92 Å². The molecule has 1 saturated heterocycles. The number of carbonyl (C=O) groups is 2. The maximum atomic E-state index is 13.0. The number of carbonyl (C=O) groups excluding carboxylic acids is 2. The van der Waals surface area contributed by atoms with Crippen molar-refractivity contribution < 1.29 is 18.0 Å². The summed E-state index contributed by atoms with van der Waals surface area (Å²) in [5, 5.41) is 10.7. The number of nitrogens with one attached hydrogen (secondary N) is 2. The molecule has 0 bridgehead atoms. The molecule has 0 aliphatic carbocycles. The molecule has 3 aromatic rings. The molecule has 0 saturated carbocycles. The quantitative estimate of drug-likeness (QED) is 0.553. The minimum atomic E-state index is -3.84. The molecule has 2 aromatic carbocycles. The third-order valence-corrected chi connectivity index (χ3v) is 7.42. The van der Waals surface area contributed by atoms with Crippen LogP contribution in [0.1, 0.15) is 28.8 Å². The summed E-state index contributed by atoms with van der Waals surface area (Å²) < 4.78 is 28.1. The molecule has 11 heteroatoms. The Morgan fingerprint density at radius 3 is 2.48 bits per heavy atom. The summed E-state index contributed by atoms with van der Waals surface area (Å²) in [5.41, 5.74) is 3.30. The smallest absolute Gasteiger partial charge is 0.261 e. The lowest BCUT2D eigenvalue weighted by atomic mass is 9.95. The Labute approximate surface area is 195 Å². The van der Waals surface area contributed by atoms with Crippen molar-refractivity contribution >= 4 is 44.0 Å². The van der Waals surface area contributed by atoms with Crippen molar-refractivity contribution in [3.05, 3.63) is 65.2 Å². The molecule has 0 radical (unpaired) electrons. The van der Waals surface area contributed by atoms with Gasteiger partial charge in [-0.1, -0.05) is 35.1 Å². The number of benzene rings is 2. The fraction of sp³-hybridized carbons (Fsp3) is 0.273. The number of piperidine rings is 1. The van der Waals surface area contributed by atoms with Crippen molar-refractivity contribution in [1.82, 2.24) is 15.1 Å². The van der Waals surface area contributed by atoms with Gasteiger partial charge < -0.3 is 10.2 Å². The van der Waals surface area contributed by atoms with E-state index in [1.54, 1.807) is 34.7 Å². The fourth-order valence-electron chi connectivity index (χ4n) is 3.59. The Hall–Kier alpha value is -3.31. The van der Waals surface area contributed by atoms with E-state index < -0.39 is 10.0 Å². The third kappa shape index (κ3) is 5.55. The molecule has 1 aliphatic heterocycles. The average Bonchev–Trinajstić information content (AvgIpc) is 3.33. The zero-order valence-electron chi connectivity index (χ0n) is 17.9. The standard InChI is InChI=1S/C22H23N5O4S2/c1-15-5-7-18(8-6-15)26-33(30,31)19-4-2-3-17(13-19)21(29)27-11-9-16(10-12-27)20(28)24-22-25-23-14-32-22/h2-8,13-14,16,26H,9-12H2,1H3,(H,24,25,28). The first-order valence-corrected chi connectivity index (χ1v) is 12.7. The number of hydrogen-bond acceptors (Lipinski definition) is 7. The minimum Gasteiger partial charge on any atom is -0.339 e. The molecular formula is C22H23N5O4S2. The van der Waals surface area contributed by atoms with Crippen LogP contribution in [-0.4, -0.2) is 48.4 Å². The van der Waals surface area contributed by atoms with E-state index in [9.17, 15) is 18.0 Å². The molecule has 9 nitrogen and oxygen atoms in total. The van der Waals surface area contributed by atoms with Crippen LogP contribution in [0.3, 0.4) is 0 Å². The lowest BCUT2D eigenvalue weighted by molar-refractivity contribution is -0.121. The largest absolute Gasteiger partial charge is 0.339 e. The highest BCUT2D eigenvalue weighted by molar-refractivity contribution is 7.92. The highest BCUT2D eigenvalue weighted by atomic mass is 32.2. The van der Waals surface area contributed by atoms with Crippen LogP contribution < -0.4 is 10.0 Å². The van der Waals surface area contributed by atoms with E-state index in [0.717, 1.165) is 5.56 Å². The van der Waals surface area contributed by atoms with E-state index >= 15 is 0 Å². The second-order valence-corrected chi connectivity index (χ2v) is 10.3. The van der Waals surface area contributed by atoms with E-state index in [1.165, 1.54) is 23.5 Å². The summed E-state index contributed by atoms with van der Waals surface area (Å²) in [7, 11) is -3.84. The molecule has 1 aliphatic rings. The first kappa shape index (κ1) is 22.9. The van der Waals surface area contributed by atoms with Gasteiger partial charge in [0, 0.05) is 30.3 Å². The number of amides is 2. The Bertz CT molecular complexity index is 1240. The number of anilines is 2. The van der Waals surface area contributed by atoms with Crippen molar-refractivity contribution in [3.63, 3.8) is 0 Å². The monoisotopic (exact) mass is 485 g/mol. The Balaban J connectivity index is 1.39. The highest BCUT2D eigenvalue weighted by Gasteiger charge is 2.29. The molecule has 2 heterocycles. The number of aromatic nitrogens is 2. The van der Waals surface area contributed by atoms with Crippen LogP contribution in [-0.2, 0) is 14.8 Å². The number of aryl methyl sites for hydroxylation is 1. The van der Waals surface area contributed by atoms with Gasteiger partial charge in [0.05, 0.1) is 4.90 Å². The Morgan fingerprint density at radius 2 is 1.82 bits per heavy atom. The van der Waals surface area contributed by atoms with Gasteiger partial charge in [0.15, 0.2) is 0 Å². The molecule has 172 valence electrons. The van der Waals surface area contributed by atoms with Crippen molar-refractivity contribution in [1.29, 1.82) is 0 Å². The molecular weight excluding hydrogens is 462 g/mol. The van der Waals surface area contributed by atoms with Gasteiger partial charge in [0.2, 0.25) is 11.0 Å². The third-order valence-electron chi connectivity index (χ3n) is 5.44. The molecule has 0 spiro atoms. The number of rotatable bonds is 6. The van der Waals surface area contributed by atoms with Crippen LogP contribution in [0.5, 0.6) is 0 Å². The first-order chi connectivity index (χ1) is 15.8. The molecule has 33 heavy (non-hydrogen) atoms. The second kappa shape index (κ2) is 9.67. The maximum Gasteiger partial charge on any atom is 0.261 e. The number of sulfonamides is 1. The summed E-state index contributed by atoms with van der Waals surface area (Å²) in [6.07, 6.45) is 1.03. The molecule has 4 rings (SSSR count). The van der Waals surface area contributed by atoms with E-state index in [4.69, 9.17) is 0 Å². The maximum absolute atomic E-state index is 13.0. The van der Waals surface area contributed by atoms with Crippen LogP contribution in [0.15, 0.2) is 58.9 Å². The number of likely N-dealkylation sites (tertiary alicyclic amines) is 1. The van der Waals surface area contributed by atoms with Crippen LogP contribution in [0.2, 0.25) is 0 Å². The Kier molecular flexibility index (Phi) is 6.70. The molecule has 1 aromatic heterocycles. The van der Waals surface area contributed by atoms with Gasteiger partial charge >= 0.3 is 0 Å². The van der Waals surface area contributed by atoms with Crippen LogP contribution in [0.25, 0.3) is 0 Å². The Morgan fingerprint density at radius 1 is 1.09 bits per heavy atom. The number of hydrogen-bond donors (Lipinski definition) is 2. The molecule has 2 N–H and O–H groups in total. The van der Waals surface area contributed by atoms with E-state index in [0.29, 0.717) is 42.3 Å². The molecule has 0 atom stereocenters. The average molecular weight is 486 g/mol. The lowest BCUT2D eigenvalue weighted by Gasteiger charge is -2.31. The summed E-state index contributed by atoms with van der Waals surface area (Å²) in [6.45, 7) is 2.73. The van der Waals surface area contributed by atoms with Crippen molar-refractivity contribution in [2.75, 3.05) is 23.1 Å². The summed E-state index contributed by atoms with van der Waals surface area (Å²) >= 11 is 1.25. The topological polar surface area (TPSA) is 121 Å². The first-order valence-electron chi connectivity index (χ1n) is 10.4. The number of nitrogens with zero attached hydrogens (tertiary/aromatic N) is 3. The van der Waals surface area contributed by atoms with Crippen molar-refractivity contribution in [3.8, 4) is 0 Å². The van der Waals surface area contributed by atoms with Crippen molar-refractivity contribution in [2.45, 2.75) is 24.7 Å². The summed E-state index contributed by atoms with van der Waals surface area (Å²) in [4.78, 5) is 27.0. The molecule has 1 fully saturated rings. The summed E-state index contributed by atoms with van der Waals surface area (Å²) in [6, 6.07) is 13.0. The predicted molar refractivity (Wildman–Crippen MR) is 126 cm³/mol.